The first kappa shape index (κ1) is 15.6. The van der Waals surface area contributed by atoms with Crippen LogP contribution in [0.1, 0.15) is 29.4 Å². The molecule has 0 spiro atoms. The topological polar surface area (TPSA) is 54.5 Å². The van der Waals surface area contributed by atoms with E-state index in [9.17, 15) is 26.4 Å². The van der Waals surface area contributed by atoms with Gasteiger partial charge in [-0.1, -0.05) is 6.07 Å². The molecule has 0 radical (unpaired) electrons. The number of alkyl halides is 3. The summed E-state index contributed by atoms with van der Waals surface area (Å²) in [7, 11) is 1.41. The smallest absolute Gasteiger partial charge is 0.334 e. The minimum absolute atomic E-state index is 0.00514. The predicted molar refractivity (Wildman–Crippen MR) is 72.2 cm³/mol. The molecule has 9 heteroatoms. The summed E-state index contributed by atoms with van der Waals surface area (Å²) in [5.74, 6) is -2.34. The Morgan fingerprint density at radius 3 is 2.32 bits per heavy atom. The number of carbonyl (C=O) groups excluding carboxylic acids is 1. The lowest BCUT2D eigenvalue weighted by Gasteiger charge is -2.32. The van der Waals surface area contributed by atoms with E-state index in [1.54, 1.807) is 6.07 Å². The van der Waals surface area contributed by atoms with Gasteiger partial charge in [0, 0.05) is 35.6 Å². The predicted octanol–water partition coefficient (Wildman–Crippen LogP) is 2.59. The second-order valence-electron chi connectivity index (χ2n) is 5.57. The molecule has 0 aromatic heterocycles. The van der Waals surface area contributed by atoms with Crippen LogP contribution in [0.5, 0.6) is 0 Å². The van der Waals surface area contributed by atoms with Crippen molar-refractivity contribution in [3.8, 4) is 0 Å². The summed E-state index contributed by atoms with van der Waals surface area (Å²) in [6, 6.07) is 4.33. The highest BCUT2D eigenvalue weighted by molar-refractivity contribution is 8.13. The van der Waals surface area contributed by atoms with Gasteiger partial charge < -0.3 is 4.90 Å². The lowest BCUT2D eigenvalue weighted by atomic mass is 9.96. The molecule has 2 bridgehead atoms. The third kappa shape index (κ3) is 2.58. The number of likely N-dealkylation sites (tertiary alicyclic amines) is 1. The second-order valence-corrected chi connectivity index (χ2v) is 8.13. The van der Waals surface area contributed by atoms with Crippen molar-refractivity contribution in [1.82, 2.24) is 4.90 Å². The maximum absolute atomic E-state index is 12.6. The summed E-state index contributed by atoms with van der Waals surface area (Å²) in [4.78, 5) is 12.1. The van der Waals surface area contributed by atoms with E-state index in [-0.39, 0.29) is 29.8 Å². The molecule has 2 atom stereocenters. The molecule has 1 heterocycles. The average Bonchev–Trinajstić information content (AvgIpc) is 2.67. The van der Waals surface area contributed by atoms with Gasteiger partial charge in [0.2, 0.25) is 0 Å². The van der Waals surface area contributed by atoms with Crippen LogP contribution in [0.4, 0.5) is 13.2 Å². The van der Waals surface area contributed by atoms with Crippen LogP contribution in [0.25, 0.3) is 0 Å². The lowest BCUT2D eigenvalue weighted by molar-refractivity contribution is -0.186. The number of rotatable bonds is 1. The summed E-state index contributed by atoms with van der Waals surface area (Å²) in [5.41, 5.74) is 1.47. The second kappa shape index (κ2) is 4.86. The highest BCUT2D eigenvalue weighted by atomic mass is 35.7. The Morgan fingerprint density at radius 2 is 1.77 bits per heavy atom. The SMILES string of the molecule is O=C(N1CC2CC(C1)c1cc(S(=O)(=O)Cl)ccc12)C(F)(F)F. The molecule has 1 fully saturated rings. The molecule has 0 saturated carbocycles. The van der Waals surface area contributed by atoms with Gasteiger partial charge in [0.15, 0.2) is 0 Å². The third-order valence-corrected chi connectivity index (χ3v) is 5.55. The zero-order chi connectivity index (χ0) is 16.3. The Balaban J connectivity index is 1.93. The van der Waals surface area contributed by atoms with Crippen molar-refractivity contribution in [3.05, 3.63) is 29.3 Å². The zero-order valence-corrected chi connectivity index (χ0v) is 12.7. The Bertz CT molecular complexity index is 747. The van der Waals surface area contributed by atoms with Crippen LogP contribution in [-0.2, 0) is 13.8 Å². The molecule has 0 N–H and O–H groups in total. The van der Waals surface area contributed by atoms with Crippen molar-refractivity contribution in [2.75, 3.05) is 13.1 Å². The van der Waals surface area contributed by atoms with Crippen LogP contribution in [0.15, 0.2) is 23.1 Å². The van der Waals surface area contributed by atoms with Crippen molar-refractivity contribution in [1.29, 1.82) is 0 Å². The number of amides is 1. The molecule has 1 aromatic rings. The fourth-order valence-corrected chi connectivity index (χ4v) is 4.11. The summed E-state index contributed by atoms with van der Waals surface area (Å²) in [6.07, 6.45) is -4.28. The number of fused-ring (bicyclic) bond motifs is 5. The Kier molecular flexibility index (Phi) is 3.45. The largest absolute Gasteiger partial charge is 0.471 e. The van der Waals surface area contributed by atoms with Crippen molar-refractivity contribution in [3.63, 3.8) is 0 Å². The van der Waals surface area contributed by atoms with Gasteiger partial charge in [0.05, 0.1) is 4.90 Å². The molecule has 1 amide bonds. The molecule has 4 nitrogen and oxygen atoms in total. The number of nitrogens with zero attached hydrogens (tertiary/aromatic N) is 1. The molecule has 1 saturated heterocycles. The first-order chi connectivity index (χ1) is 10.1. The number of carbonyl (C=O) groups is 1. The van der Waals surface area contributed by atoms with Gasteiger partial charge >= 0.3 is 12.1 Å². The van der Waals surface area contributed by atoms with Gasteiger partial charge in [-0.25, -0.2) is 8.42 Å². The average molecular weight is 354 g/mol. The fraction of sp³-hybridized carbons (Fsp3) is 0.462. The van der Waals surface area contributed by atoms with Crippen LogP contribution in [0, 0.1) is 0 Å². The van der Waals surface area contributed by atoms with Crippen molar-refractivity contribution < 1.29 is 26.4 Å². The van der Waals surface area contributed by atoms with E-state index >= 15 is 0 Å². The van der Waals surface area contributed by atoms with Gasteiger partial charge in [0.1, 0.15) is 0 Å². The highest BCUT2D eigenvalue weighted by Crippen LogP contribution is 2.47. The minimum Gasteiger partial charge on any atom is -0.334 e. The van der Waals surface area contributed by atoms with Crippen LogP contribution in [-0.4, -0.2) is 38.5 Å². The molecule has 1 aromatic carbocycles. The number of hydrogen-bond donors (Lipinski definition) is 0. The van der Waals surface area contributed by atoms with E-state index in [1.165, 1.54) is 12.1 Å². The van der Waals surface area contributed by atoms with Crippen LogP contribution < -0.4 is 0 Å². The zero-order valence-electron chi connectivity index (χ0n) is 11.1. The first-order valence-corrected chi connectivity index (χ1v) is 8.83. The maximum atomic E-state index is 12.6. The molecule has 1 aliphatic carbocycles. The lowest BCUT2D eigenvalue weighted by Crippen LogP contribution is -2.46. The van der Waals surface area contributed by atoms with Gasteiger partial charge in [-0.05, 0) is 29.7 Å². The number of benzene rings is 1. The van der Waals surface area contributed by atoms with Gasteiger partial charge in [-0.2, -0.15) is 13.2 Å². The molecule has 2 unspecified atom stereocenters. The van der Waals surface area contributed by atoms with E-state index in [2.05, 4.69) is 0 Å². The summed E-state index contributed by atoms with van der Waals surface area (Å²) in [5, 5.41) is 0. The number of hydrogen-bond acceptors (Lipinski definition) is 3. The van der Waals surface area contributed by atoms with Gasteiger partial charge in [0.25, 0.3) is 9.05 Å². The van der Waals surface area contributed by atoms with Crippen LogP contribution >= 0.6 is 10.7 Å². The monoisotopic (exact) mass is 353 g/mol. The van der Waals surface area contributed by atoms with Crippen molar-refractivity contribution in [2.24, 2.45) is 0 Å². The van der Waals surface area contributed by atoms with Crippen LogP contribution in [0.2, 0.25) is 0 Å². The standard InChI is InChI=1S/C13H11ClF3NO3S/c14-22(20,21)9-1-2-10-7-3-8(11(10)4-9)6-18(5-7)12(19)13(15,16)17/h1-2,4,7-8H,3,5-6H2. The maximum Gasteiger partial charge on any atom is 0.471 e. The number of halogens is 4. The van der Waals surface area contributed by atoms with Gasteiger partial charge in [-0.15, -0.1) is 0 Å². The Morgan fingerprint density at radius 1 is 1.18 bits per heavy atom. The third-order valence-electron chi connectivity index (χ3n) is 4.20. The molecule has 1 aliphatic heterocycles. The number of piperidine rings is 1. The Hall–Kier alpha value is -1.28. The summed E-state index contributed by atoms with van der Waals surface area (Å²) in [6.45, 7) is -0.0670. The van der Waals surface area contributed by atoms with E-state index in [4.69, 9.17) is 10.7 Å². The molecular weight excluding hydrogens is 343 g/mol. The molecule has 2 aliphatic rings. The van der Waals surface area contributed by atoms with E-state index in [1.807, 2.05) is 0 Å². The molecule has 22 heavy (non-hydrogen) atoms. The molecular formula is C13H11ClF3NO3S. The highest BCUT2D eigenvalue weighted by Gasteiger charge is 2.47. The van der Waals surface area contributed by atoms with Crippen molar-refractivity contribution >= 4 is 25.6 Å². The first-order valence-electron chi connectivity index (χ1n) is 6.52. The summed E-state index contributed by atoms with van der Waals surface area (Å²) >= 11 is 0. The minimum atomic E-state index is -4.90. The quantitative estimate of drug-likeness (QED) is 0.729. The molecule has 3 rings (SSSR count). The van der Waals surface area contributed by atoms with Crippen molar-refractivity contribution in [2.45, 2.75) is 29.3 Å². The van der Waals surface area contributed by atoms with E-state index < -0.39 is 21.1 Å². The molecule has 120 valence electrons. The van der Waals surface area contributed by atoms with E-state index in [0.717, 1.165) is 10.5 Å². The van der Waals surface area contributed by atoms with Crippen LogP contribution in [0.3, 0.4) is 0 Å². The Labute approximate surface area is 129 Å². The fourth-order valence-electron chi connectivity index (χ4n) is 3.32. The van der Waals surface area contributed by atoms with Gasteiger partial charge in [-0.3, -0.25) is 4.79 Å². The van der Waals surface area contributed by atoms with E-state index in [0.29, 0.717) is 12.0 Å². The normalized spacial score (nSPS) is 24.3. The summed E-state index contributed by atoms with van der Waals surface area (Å²) < 4.78 is 60.5.